The molecule has 0 radical (unpaired) electrons. The highest BCUT2D eigenvalue weighted by Gasteiger charge is 2.30. The van der Waals surface area contributed by atoms with Crippen molar-refractivity contribution in [2.24, 2.45) is 0 Å². The molecule has 0 aliphatic carbocycles. The molecule has 8 aromatic rings. The van der Waals surface area contributed by atoms with E-state index in [1.54, 1.807) is 67.8 Å². The number of carbonyl (C=O) groups is 4. The summed E-state index contributed by atoms with van der Waals surface area (Å²) in [7, 11) is 1.60. The molecule has 0 aromatic heterocycles. The summed E-state index contributed by atoms with van der Waals surface area (Å²) in [6.07, 6.45) is -4.79. The number of hydrogen-bond donors (Lipinski definition) is 4. The Morgan fingerprint density at radius 3 is 0.908 bits per heavy atom. The van der Waals surface area contributed by atoms with Crippen LogP contribution in [0.3, 0.4) is 0 Å². The fourth-order valence-electron chi connectivity index (χ4n) is 7.58. The van der Waals surface area contributed by atoms with Crippen molar-refractivity contribution in [2.45, 2.75) is 38.8 Å². The van der Waals surface area contributed by atoms with Crippen LogP contribution >= 0.6 is 58.0 Å². The number of halogens is 8. The van der Waals surface area contributed by atoms with E-state index in [1.165, 1.54) is 23.8 Å². The van der Waals surface area contributed by atoms with Gasteiger partial charge in [-0.25, -0.2) is 0 Å². The number of aryl methyl sites for hydroxylation is 1. The Bertz CT molecular complexity index is 3190. The molecule has 0 spiro atoms. The van der Waals surface area contributed by atoms with Crippen molar-refractivity contribution in [3.8, 4) is 50.3 Å². The minimum absolute atomic E-state index is 0.0240. The predicted octanol–water partition coefficient (Wildman–Crippen LogP) is 16.5. The number of alkyl halides is 3. The molecule has 8 aromatic carbocycles. The third-order valence-corrected chi connectivity index (χ3v) is 12.3. The Kier molecular flexibility index (Phi) is 21.9. The van der Waals surface area contributed by atoms with Crippen molar-refractivity contribution in [1.82, 2.24) is 0 Å². The summed E-state index contributed by atoms with van der Waals surface area (Å²) in [6, 6.07) is 47.9. The van der Waals surface area contributed by atoms with Crippen LogP contribution in [0.4, 0.5) is 13.2 Å². The van der Waals surface area contributed by atoms with Gasteiger partial charge < -0.3 is 25.2 Å². The van der Waals surface area contributed by atoms with Gasteiger partial charge in [0.05, 0.1) is 38.4 Å². The third kappa shape index (κ3) is 18.5. The van der Waals surface area contributed by atoms with E-state index in [0.717, 1.165) is 56.8 Å². The first-order valence-electron chi connectivity index (χ1n) is 22.7. The van der Waals surface area contributed by atoms with Crippen LogP contribution in [0.5, 0.6) is 5.75 Å². The Balaban J connectivity index is 0.000000187. The Morgan fingerprint density at radius 1 is 0.395 bits per heavy atom. The lowest BCUT2D eigenvalue weighted by Crippen LogP contribution is -2.04. The van der Waals surface area contributed by atoms with Gasteiger partial charge in [-0.2, -0.15) is 13.2 Å². The lowest BCUT2D eigenvalue weighted by Gasteiger charge is -2.11. The molecule has 0 heterocycles. The van der Waals surface area contributed by atoms with E-state index in [9.17, 15) is 32.3 Å². The average Bonchev–Trinajstić information content (AvgIpc) is 3.35. The molecule has 0 aliphatic rings. The first-order valence-corrected chi connectivity index (χ1v) is 24.5. The molecular formula is C59H46Cl5F3O9. The van der Waals surface area contributed by atoms with E-state index < -0.39 is 35.6 Å². The molecule has 0 amide bonds. The lowest BCUT2D eigenvalue weighted by atomic mass is 9.97. The molecule has 76 heavy (non-hydrogen) atoms. The lowest BCUT2D eigenvalue weighted by molar-refractivity contribution is -0.138. The maximum atomic E-state index is 12.5. The standard InChI is InChI=1S/C15H10ClF3O2.C15H13ClO3.C15H13ClO2.C14H10Cl2O2/c16-12-5-6-13(10(7-12)8-14(20)21)9-1-3-11(4-2-9)15(17,18)19;1-19-13-5-2-10(3-6-13)14-7-4-12(16)8-11(14)9-15(17)18;1-10-2-4-11(5-3-10)14-7-6-13(16)8-12(14)9-15(17)18;15-11-3-1-9(2-4-11)13-6-5-12(16)7-10(13)8-14(17)18/h1-7H,8H2,(H,20,21);2-8H,9H2,1H3,(H,17,18);2-8H,9H2,1H3,(H,17,18);1-7H,8H2,(H,17,18). The molecule has 392 valence electrons. The van der Waals surface area contributed by atoms with Crippen LogP contribution in [0.2, 0.25) is 25.1 Å². The van der Waals surface area contributed by atoms with E-state index in [-0.39, 0.29) is 25.7 Å². The number of hydrogen-bond acceptors (Lipinski definition) is 5. The fourth-order valence-corrected chi connectivity index (χ4v) is 8.49. The number of rotatable bonds is 13. The second-order valence-electron chi connectivity index (χ2n) is 16.7. The van der Waals surface area contributed by atoms with Crippen LogP contribution in [0.25, 0.3) is 44.5 Å². The SMILES string of the molecule is COc1ccc(-c2ccc(Cl)cc2CC(=O)O)cc1.Cc1ccc(-c2ccc(Cl)cc2CC(=O)O)cc1.O=C(O)Cc1cc(Cl)ccc1-c1ccc(C(F)(F)F)cc1.O=C(O)Cc1cc(Cl)ccc1-c1ccc(Cl)cc1. The summed E-state index contributed by atoms with van der Waals surface area (Å²) in [4.78, 5) is 43.5. The number of ether oxygens (including phenoxy) is 1. The molecule has 0 fully saturated rings. The van der Waals surface area contributed by atoms with Crippen molar-refractivity contribution in [2.75, 3.05) is 7.11 Å². The Hall–Kier alpha value is -7.32. The molecule has 0 bridgehead atoms. The minimum atomic E-state index is -4.40. The second-order valence-corrected chi connectivity index (χ2v) is 18.8. The number of aliphatic carboxylic acids is 4. The first kappa shape index (κ1) is 59.6. The highest BCUT2D eigenvalue weighted by molar-refractivity contribution is 6.32. The van der Waals surface area contributed by atoms with Crippen molar-refractivity contribution < 1.29 is 57.5 Å². The second kappa shape index (κ2) is 28.0. The summed E-state index contributed by atoms with van der Waals surface area (Å²) in [6.45, 7) is 2.02. The van der Waals surface area contributed by atoms with Crippen LogP contribution < -0.4 is 4.74 Å². The van der Waals surface area contributed by atoms with Gasteiger partial charge in [0.1, 0.15) is 5.75 Å². The monoisotopic (exact) mass is 1130 g/mol. The summed E-state index contributed by atoms with van der Waals surface area (Å²) >= 11 is 29.4. The molecule has 9 nitrogen and oxygen atoms in total. The number of methoxy groups -OCH3 is 1. The zero-order chi connectivity index (χ0) is 55.7. The van der Waals surface area contributed by atoms with Gasteiger partial charge in [-0.15, -0.1) is 0 Å². The highest BCUT2D eigenvalue weighted by Crippen LogP contribution is 2.34. The molecule has 0 unspecified atom stereocenters. The predicted molar refractivity (Wildman–Crippen MR) is 294 cm³/mol. The zero-order valence-electron chi connectivity index (χ0n) is 40.3. The van der Waals surface area contributed by atoms with Crippen molar-refractivity contribution in [1.29, 1.82) is 0 Å². The van der Waals surface area contributed by atoms with Gasteiger partial charge in [0.25, 0.3) is 0 Å². The molecular weight excluding hydrogens is 1090 g/mol. The van der Waals surface area contributed by atoms with Gasteiger partial charge in [-0.1, -0.05) is 148 Å². The zero-order valence-corrected chi connectivity index (χ0v) is 44.1. The molecule has 0 saturated heterocycles. The minimum Gasteiger partial charge on any atom is -0.497 e. The summed E-state index contributed by atoms with van der Waals surface area (Å²) in [5.41, 5.74) is 9.58. The quantitative estimate of drug-likeness (QED) is 0.0882. The topological polar surface area (TPSA) is 158 Å². The molecule has 0 saturated carbocycles. The molecule has 8 rings (SSSR count). The van der Waals surface area contributed by atoms with Crippen LogP contribution in [-0.2, 0) is 51.0 Å². The number of carboxylic acids is 4. The normalized spacial score (nSPS) is 10.6. The van der Waals surface area contributed by atoms with E-state index in [1.807, 2.05) is 85.8 Å². The molecule has 0 atom stereocenters. The average molecular weight is 1130 g/mol. The van der Waals surface area contributed by atoms with E-state index in [0.29, 0.717) is 52.9 Å². The highest BCUT2D eigenvalue weighted by atomic mass is 35.5. The molecule has 0 aliphatic heterocycles. The van der Waals surface area contributed by atoms with Crippen molar-refractivity contribution in [3.05, 3.63) is 228 Å². The summed E-state index contributed by atoms with van der Waals surface area (Å²) < 4.78 is 42.7. The molecule has 17 heteroatoms. The van der Waals surface area contributed by atoms with Crippen molar-refractivity contribution in [3.63, 3.8) is 0 Å². The van der Waals surface area contributed by atoms with Gasteiger partial charge in [0.2, 0.25) is 0 Å². The fraction of sp³-hybridized carbons (Fsp3) is 0.119. The maximum Gasteiger partial charge on any atom is 0.416 e. The summed E-state index contributed by atoms with van der Waals surface area (Å²) in [5, 5.41) is 38.3. The van der Waals surface area contributed by atoms with Gasteiger partial charge in [0.15, 0.2) is 0 Å². The van der Waals surface area contributed by atoms with Crippen LogP contribution in [0, 0.1) is 6.92 Å². The van der Waals surface area contributed by atoms with Gasteiger partial charge in [0, 0.05) is 25.1 Å². The van der Waals surface area contributed by atoms with Crippen LogP contribution in [0.1, 0.15) is 33.4 Å². The van der Waals surface area contributed by atoms with Gasteiger partial charge in [-0.05, 0) is 159 Å². The smallest absolute Gasteiger partial charge is 0.416 e. The van der Waals surface area contributed by atoms with Gasteiger partial charge in [-0.3, -0.25) is 19.2 Å². The summed E-state index contributed by atoms with van der Waals surface area (Å²) in [5.74, 6) is -2.89. The first-order chi connectivity index (χ1) is 36.0. The largest absolute Gasteiger partial charge is 0.497 e. The number of benzene rings is 8. The van der Waals surface area contributed by atoms with Crippen LogP contribution in [-0.4, -0.2) is 51.4 Å². The van der Waals surface area contributed by atoms with E-state index in [2.05, 4.69) is 0 Å². The van der Waals surface area contributed by atoms with Crippen molar-refractivity contribution >= 4 is 81.9 Å². The van der Waals surface area contributed by atoms with Crippen LogP contribution in [0.15, 0.2) is 170 Å². The number of carboxylic acid groups (broad SMARTS) is 4. The third-order valence-electron chi connectivity index (χ3n) is 11.1. The van der Waals surface area contributed by atoms with E-state index in [4.69, 9.17) is 83.2 Å². The van der Waals surface area contributed by atoms with E-state index >= 15 is 0 Å². The Labute approximate surface area is 461 Å². The maximum absolute atomic E-state index is 12.5. The van der Waals surface area contributed by atoms with Gasteiger partial charge >= 0.3 is 30.1 Å². The molecule has 4 N–H and O–H groups in total. The Morgan fingerprint density at radius 2 is 0.645 bits per heavy atom.